The molecule has 2 heteroatoms. The summed E-state index contributed by atoms with van der Waals surface area (Å²) in [5, 5.41) is 1.27. The minimum absolute atomic E-state index is 1.01. The van der Waals surface area contributed by atoms with Crippen LogP contribution in [0.25, 0.3) is 10.9 Å². The molecule has 0 unspecified atom stereocenters. The summed E-state index contributed by atoms with van der Waals surface area (Å²) in [4.78, 5) is 4.07. The second-order valence-corrected chi connectivity index (χ2v) is 2.54. The topological polar surface area (TPSA) is 17.8 Å². The molecule has 0 bridgehead atoms. The third-order valence-corrected chi connectivity index (χ3v) is 1.92. The summed E-state index contributed by atoms with van der Waals surface area (Å²) >= 11 is 0. The summed E-state index contributed by atoms with van der Waals surface area (Å²) in [5.41, 5.74) is 1.22. The van der Waals surface area contributed by atoms with Crippen LogP contribution in [0.1, 0.15) is 20.8 Å². The third kappa shape index (κ3) is 1.89. The van der Waals surface area contributed by atoms with Crippen molar-refractivity contribution in [3.8, 4) is 0 Å². The third-order valence-electron chi connectivity index (χ3n) is 1.92. The van der Waals surface area contributed by atoms with Gasteiger partial charge in [0.15, 0.2) is 0 Å². The van der Waals surface area contributed by atoms with E-state index in [1.165, 1.54) is 10.9 Å². The predicted molar refractivity (Wildman–Crippen MR) is 56.8 cm³/mol. The Kier molecular flexibility index (Phi) is 3.50. The molecule has 0 saturated heterocycles. The molecule has 2 nitrogen and oxygen atoms in total. The molecule has 70 valence electrons. The summed E-state index contributed by atoms with van der Waals surface area (Å²) in [6, 6.07) is 4.14. The molecule has 0 spiro atoms. The molecular weight excluding hydrogens is 160 g/mol. The quantitative estimate of drug-likeness (QED) is 0.653. The number of hydrogen-bond donors (Lipinski definition) is 0. The molecule has 0 radical (unpaired) electrons. The fraction of sp³-hybridized carbons (Fsp3) is 0.364. The normalized spacial score (nSPS) is 9.46. The van der Waals surface area contributed by atoms with Crippen LogP contribution in [-0.4, -0.2) is 9.55 Å². The zero-order valence-corrected chi connectivity index (χ0v) is 8.49. The van der Waals surface area contributed by atoms with E-state index in [0.717, 1.165) is 6.54 Å². The van der Waals surface area contributed by atoms with E-state index in [4.69, 9.17) is 0 Å². The van der Waals surface area contributed by atoms with Gasteiger partial charge < -0.3 is 4.57 Å². The molecule has 0 amide bonds. The summed E-state index contributed by atoms with van der Waals surface area (Å²) in [7, 11) is 0. The van der Waals surface area contributed by atoms with E-state index in [0.29, 0.717) is 0 Å². The van der Waals surface area contributed by atoms with Crippen molar-refractivity contribution in [2.24, 2.45) is 0 Å². The standard InChI is InChI=1S/C9H10N2.C2H6/c1-2-11-6-4-8-3-5-10-7-9(8)11;1-2/h3-7H,2H2,1H3;1-2H3. The van der Waals surface area contributed by atoms with Crippen molar-refractivity contribution in [3.63, 3.8) is 0 Å². The number of nitrogens with zero attached hydrogens (tertiary/aromatic N) is 2. The van der Waals surface area contributed by atoms with Gasteiger partial charge >= 0.3 is 0 Å². The summed E-state index contributed by atoms with van der Waals surface area (Å²) in [6.07, 6.45) is 5.81. The van der Waals surface area contributed by atoms with E-state index >= 15 is 0 Å². The Morgan fingerprint density at radius 3 is 2.77 bits per heavy atom. The molecule has 2 rings (SSSR count). The first kappa shape index (κ1) is 9.78. The van der Waals surface area contributed by atoms with Crippen LogP contribution >= 0.6 is 0 Å². The van der Waals surface area contributed by atoms with Gasteiger partial charge in [0.1, 0.15) is 0 Å². The van der Waals surface area contributed by atoms with Gasteiger partial charge in [-0.2, -0.15) is 0 Å². The van der Waals surface area contributed by atoms with Crippen molar-refractivity contribution in [1.29, 1.82) is 0 Å². The highest BCUT2D eigenvalue weighted by Crippen LogP contribution is 2.12. The molecule has 0 saturated carbocycles. The van der Waals surface area contributed by atoms with Crippen molar-refractivity contribution in [2.45, 2.75) is 27.3 Å². The number of rotatable bonds is 1. The maximum atomic E-state index is 4.07. The highest BCUT2D eigenvalue weighted by molar-refractivity contribution is 5.78. The molecular formula is C11H16N2. The van der Waals surface area contributed by atoms with E-state index < -0.39 is 0 Å². The highest BCUT2D eigenvalue weighted by atomic mass is 15.0. The van der Waals surface area contributed by atoms with E-state index in [-0.39, 0.29) is 0 Å². The Bertz CT molecular complexity index is 363. The van der Waals surface area contributed by atoms with Crippen molar-refractivity contribution < 1.29 is 0 Å². The van der Waals surface area contributed by atoms with Gasteiger partial charge in [0.25, 0.3) is 0 Å². The van der Waals surface area contributed by atoms with Gasteiger partial charge in [-0.25, -0.2) is 0 Å². The first-order chi connectivity index (χ1) is 6.42. The SMILES string of the molecule is CC.CCn1ccc2ccncc21. The molecule has 0 fully saturated rings. The minimum Gasteiger partial charge on any atom is -0.347 e. The Morgan fingerprint density at radius 2 is 2.08 bits per heavy atom. The average molecular weight is 176 g/mol. The van der Waals surface area contributed by atoms with Gasteiger partial charge in [-0.15, -0.1) is 0 Å². The lowest BCUT2D eigenvalue weighted by Crippen LogP contribution is -1.90. The zero-order chi connectivity index (χ0) is 9.68. The van der Waals surface area contributed by atoms with Crippen LogP contribution in [0.15, 0.2) is 30.7 Å². The second kappa shape index (κ2) is 4.65. The first-order valence-electron chi connectivity index (χ1n) is 4.80. The van der Waals surface area contributed by atoms with E-state index in [1.54, 1.807) is 0 Å². The van der Waals surface area contributed by atoms with Gasteiger partial charge in [0, 0.05) is 24.3 Å². The first-order valence-corrected chi connectivity index (χ1v) is 4.80. The lowest BCUT2D eigenvalue weighted by atomic mass is 10.3. The highest BCUT2D eigenvalue weighted by Gasteiger charge is 1.95. The van der Waals surface area contributed by atoms with Gasteiger partial charge in [-0.05, 0) is 19.1 Å². The van der Waals surface area contributed by atoms with E-state index in [2.05, 4.69) is 28.7 Å². The Labute approximate surface area is 79.2 Å². The van der Waals surface area contributed by atoms with Gasteiger partial charge in [0.05, 0.1) is 11.7 Å². The van der Waals surface area contributed by atoms with Crippen LogP contribution in [0.2, 0.25) is 0 Å². The molecule has 0 N–H and O–H groups in total. The molecule has 0 aliphatic carbocycles. The Morgan fingerprint density at radius 1 is 1.31 bits per heavy atom. The van der Waals surface area contributed by atoms with Crippen LogP contribution in [-0.2, 0) is 6.54 Å². The fourth-order valence-electron chi connectivity index (χ4n) is 1.30. The predicted octanol–water partition coefficient (Wildman–Crippen LogP) is 3.08. The van der Waals surface area contributed by atoms with Crippen molar-refractivity contribution in [2.75, 3.05) is 0 Å². The Hall–Kier alpha value is -1.31. The van der Waals surface area contributed by atoms with Crippen LogP contribution in [0, 0.1) is 0 Å². The van der Waals surface area contributed by atoms with Crippen molar-refractivity contribution in [1.82, 2.24) is 9.55 Å². The zero-order valence-electron chi connectivity index (χ0n) is 8.49. The van der Waals surface area contributed by atoms with E-state index in [9.17, 15) is 0 Å². The summed E-state index contributed by atoms with van der Waals surface area (Å²) in [5.74, 6) is 0. The molecule has 2 heterocycles. The average Bonchev–Trinajstić information content (AvgIpc) is 2.64. The number of aryl methyl sites for hydroxylation is 1. The molecule has 2 aromatic heterocycles. The van der Waals surface area contributed by atoms with Crippen LogP contribution in [0.3, 0.4) is 0 Å². The van der Waals surface area contributed by atoms with E-state index in [1.807, 2.05) is 32.3 Å². The minimum atomic E-state index is 1.01. The maximum Gasteiger partial charge on any atom is 0.0666 e. The lowest BCUT2D eigenvalue weighted by Gasteiger charge is -1.97. The Balaban J connectivity index is 0.000000396. The fourth-order valence-corrected chi connectivity index (χ4v) is 1.30. The monoisotopic (exact) mass is 176 g/mol. The lowest BCUT2D eigenvalue weighted by molar-refractivity contribution is 0.796. The van der Waals surface area contributed by atoms with Gasteiger partial charge in [-0.1, -0.05) is 13.8 Å². The number of hydrogen-bond acceptors (Lipinski definition) is 1. The van der Waals surface area contributed by atoms with Crippen molar-refractivity contribution in [3.05, 3.63) is 30.7 Å². The molecule has 0 aliphatic rings. The molecule has 13 heavy (non-hydrogen) atoms. The van der Waals surface area contributed by atoms with Crippen LogP contribution < -0.4 is 0 Å². The van der Waals surface area contributed by atoms with Crippen LogP contribution in [0.4, 0.5) is 0 Å². The van der Waals surface area contributed by atoms with Gasteiger partial charge in [0.2, 0.25) is 0 Å². The maximum absolute atomic E-state index is 4.07. The summed E-state index contributed by atoms with van der Waals surface area (Å²) < 4.78 is 2.18. The number of fused-ring (bicyclic) bond motifs is 1. The largest absolute Gasteiger partial charge is 0.347 e. The molecule has 0 aliphatic heterocycles. The molecule has 0 atom stereocenters. The smallest absolute Gasteiger partial charge is 0.0666 e. The number of aromatic nitrogens is 2. The van der Waals surface area contributed by atoms with Gasteiger partial charge in [-0.3, -0.25) is 4.98 Å². The number of pyridine rings is 1. The summed E-state index contributed by atoms with van der Waals surface area (Å²) in [6.45, 7) is 7.14. The molecule has 2 aromatic rings. The van der Waals surface area contributed by atoms with Crippen molar-refractivity contribution >= 4 is 10.9 Å². The second-order valence-electron chi connectivity index (χ2n) is 2.54. The van der Waals surface area contributed by atoms with Crippen LogP contribution in [0.5, 0.6) is 0 Å². The molecule has 0 aromatic carbocycles.